The molecule has 6 heteroatoms. The lowest BCUT2D eigenvalue weighted by Gasteiger charge is -2.44. The molecule has 2 N–H and O–H groups in total. The molecule has 5 nitrogen and oxygen atoms in total. The van der Waals surface area contributed by atoms with Crippen LogP contribution in [0.5, 0.6) is 5.75 Å². The van der Waals surface area contributed by atoms with E-state index in [4.69, 9.17) is 13.9 Å². The van der Waals surface area contributed by atoms with Crippen molar-refractivity contribution in [1.82, 2.24) is 0 Å². The molecule has 3 rings (SSSR count). The highest BCUT2D eigenvalue weighted by molar-refractivity contribution is 6.99. The fraction of sp³-hybridized carbons (Fsp3) is 0.524. The molecule has 0 heterocycles. The summed E-state index contributed by atoms with van der Waals surface area (Å²) in [6.07, 6.45) is 8.62. The van der Waals surface area contributed by atoms with Crippen molar-refractivity contribution < 1.29 is 24.1 Å². The summed E-state index contributed by atoms with van der Waals surface area (Å²) in [5, 5.41) is 23.6. The van der Waals surface area contributed by atoms with Crippen molar-refractivity contribution in [2.24, 2.45) is 0 Å². The van der Waals surface area contributed by atoms with Crippen molar-refractivity contribution in [2.75, 3.05) is 13.7 Å². The Labute approximate surface area is 292 Å². The van der Waals surface area contributed by atoms with Crippen molar-refractivity contribution in [3.8, 4) is 17.6 Å². The first-order valence-electron chi connectivity index (χ1n) is 18.1. The van der Waals surface area contributed by atoms with Crippen molar-refractivity contribution in [1.29, 1.82) is 0 Å². The Balaban J connectivity index is 1.64. The lowest BCUT2D eigenvalue weighted by atomic mass is 10.0. The van der Waals surface area contributed by atoms with Gasteiger partial charge in [0, 0.05) is 6.61 Å². The van der Waals surface area contributed by atoms with Crippen LogP contribution in [0.4, 0.5) is 0 Å². The molecular weight excluding hydrogens is 613 g/mol. The molecule has 48 heavy (non-hydrogen) atoms. The van der Waals surface area contributed by atoms with Crippen LogP contribution in [0.1, 0.15) is 104 Å². The number of methoxy groups -OCH3 is 1. The lowest BCUT2D eigenvalue weighted by Crippen LogP contribution is -2.67. The third-order valence-electron chi connectivity index (χ3n) is 9.03. The maximum atomic E-state index is 10.8. The molecule has 0 saturated carbocycles. The van der Waals surface area contributed by atoms with Crippen LogP contribution < -0.4 is 15.1 Å². The van der Waals surface area contributed by atoms with Gasteiger partial charge in [0.25, 0.3) is 8.32 Å². The van der Waals surface area contributed by atoms with Crippen molar-refractivity contribution in [3.63, 3.8) is 0 Å². The zero-order valence-corrected chi connectivity index (χ0v) is 31.1. The molecular formula is C42H60O5Si. The van der Waals surface area contributed by atoms with Gasteiger partial charge in [0.05, 0.1) is 19.8 Å². The number of rotatable bonds is 21. The van der Waals surface area contributed by atoms with E-state index in [1.54, 1.807) is 7.11 Å². The largest absolute Gasteiger partial charge is 0.497 e. The second-order valence-electron chi connectivity index (χ2n) is 13.9. The highest BCUT2D eigenvalue weighted by Gasteiger charge is 2.51. The third kappa shape index (κ3) is 12.5. The summed E-state index contributed by atoms with van der Waals surface area (Å²) in [6, 6.07) is 29.3. The van der Waals surface area contributed by atoms with Gasteiger partial charge in [0.15, 0.2) is 0 Å². The van der Waals surface area contributed by atoms with Crippen molar-refractivity contribution in [2.45, 2.75) is 128 Å². The van der Waals surface area contributed by atoms with E-state index in [-0.39, 0.29) is 11.1 Å². The second-order valence-corrected chi connectivity index (χ2v) is 18.1. The first-order valence-corrected chi connectivity index (χ1v) is 20.0. The molecule has 0 aromatic heterocycles. The number of hydrogen-bond donors (Lipinski definition) is 2. The highest BCUT2D eigenvalue weighted by atomic mass is 28.4. The normalized spacial score (nSPS) is 13.7. The predicted octanol–water partition coefficient (Wildman–Crippen LogP) is 8.19. The fourth-order valence-electron chi connectivity index (χ4n) is 6.25. The second kappa shape index (κ2) is 21.2. The first-order chi connectivity index (χ1) is 23.2. The van der Waals surface area contributed by atoms with Gasteiger partial charge in [-0.3, -0.25) is 0 Å². The molecule has 3 aromatic carbocycles. The molecule has 0 aliphatic heterocycles. The van der Waals surface area contributed by atoms with E-state index in [2.05, 4.69) is 100 Å². The standard InChI is InChI=1S/C42H60O5Si/c1-6-7-14-26-40(43)41(44)32-31-37(21-15-10-8-9-11-20-33-46-34-35-27-29-36(45-5)30-28-35)47-48(42(2,3)4,38-22-16-12-17-23-38)39-24-18-13-19-25-39/h12-13,16-19,22-25,27-30,37,40-41,43-44H,6-11,14-15,20-21,26,33-34H2,1-5H3/t37-,40-,41-/m0/s1. The molecule has 0 amide bonds. The van der Waals surface area contributed by atoms with Gasteiger partial charge in [-0.05, 0) is 58.8 Å². The average molecular weight is 673 g/mol. The topological polar surface area (TPSA) is 68.2 Å². The van der Waals surface area contributed by atoms with E-state index in [1.807, 2.05) is 24.3 Å². The number of hydrogen-bond acceptors (Lipinski definition) is 5. The maximum absolute atomic E-state index is 10.8. The van der Waals surface area contributed by atoms with Crippen molar-refractivity contribution >= 4 is 18.7 Å². The molecule has 0 radical (unpaired) electrons. The number of unbranched alkanes of at least 4 members (excludes halogenated alkanes) is 7. The van der Waals surface area contributed by atoms with Crippen LogP contribution in [0.25, 0.3) is 0 Å². The minimum Gasteiger partial charge on any atom is -0.497 e. The molecule has 0 unspecified atom stereocenters. The number of benzene rings is 3. The van der Waals surface area contributed by atoms with Gasteiger partial charge in [-0.2, -0.15) is 0 Å². The van der Waals surface area contributed by atoms with Crippen LogP contribution in [0.3, 0.4) is 0 Å². The predicted molar refractivity (Wildman–Crippen MR) is 201 cm³/mol. The van der Waals surface area contributed by atoms with Gasteiger partial charge in [-0.15, -0.1) is 0 Å². The zero-order chi connectivity index (χ0) is 34.7. The summed E-state index contributed by atoms with van der Waals surface area (Å²) in [6.45, 7) is 10.4. The van der Waals surface area contributed by atoms with Crippen LogP contribution in [-0.4, -0.2) is 50.6 Å². The summed E-state index contributed by atoms with van der Waals surface area (Å²) in [7, 11) is -1.15. The Bertz CT molecular complexity index is 1290. The highest BCUT2D eigenvalue weighted by Crippen LogP contribution is 2.38. The van der Waals surface area contributed by atoms with E-state index < -0.39 is 20.5 Å². The molecule has 0 spiro atoms. The van der Waals surface area contributed by atoms with Crippen LogP contribution in [0, 0.1) is 11.8 Å². The minimum atomic E-state index is -2.83. The van der Waals surface area contributed by atoms with Gasteiger partial charge in [-0.1, -0.05) is 157 Å². The van der Waals surface area contributed by atoms with Crippen LogP contribution in [0.2, 0.25) is 5.04 Å². The summed E-state index contributed by atoms with van der Waals surface area (Å²) in [5.74, 6) is 7.21. The molecule has 3 aromatic rings. The summed E-state index contributed by atoms with van der Waals surface area (Å²) < 4.78 is 18.5. The Morgan fingerprint density at radius 2 is 1.25 bits per heavy atom. The number of aliphatic hydroxyl groups is 2. The van der Waals surface area contributed by atoms with Gasteiger partial charge in [-0.25, -0.2) is 0 Å². The Morgan fingerprint density at radius 3 is 1.81 bits per heavy atom. The summed E-state index contributed by atoms with van der Waals surface area (Å²) in [4.78, 5) is 0. The molecule has 0 bridgehead atoms. The lowest BCUT2D eigenvalue weighted by molar-refractivity contribution is 0.0467. The van der Waals surface area contributed by atoms with Gasteiger partial charge >= 0.3 is 0 Å². The first kappa shape index (κ1) is 39.5. The molecule has 0 fully saturated rings. The fourth-order valence-corrected chi connectivity index (χ4v) is 10.9. The zero-order valence-electron chi connectivity index (χ0n) is 30.1. The molecule has 262 valence electrons. The molecule has 0 aliphatic carbocycles. The smallest absolute Gasteiger partial charge is 0.262 e. The summed E-state index contributed by atoms with van der Waals surface area (Å²) >= 11 is 0. The van der Waals surface area contributed by atoms with E-state index in [9.17, 15) is 10.2 Å². The summed E-state index contributed by atoms with van der Waals surface area (Å²) in [5.41, 5.74) is 1.16. The van der Waals surface area contributed by atoms with Crippen molar-refractivity contribution in [3.05, 3.63) is 90.5 Å². The van der Waals surface area contributed by atoms with E-state index in [1.165, 1.54) is 16.8 Å². The third-order valence-corrected chi connectivity index (χ3v) is 14.1. The van der Waals surface area contributed by atoms with Crippen LogP contribution in [0.15, 0.2) is 84.9 Å². The average Bonchev–Trinajstić information content (AvgIpc) is 3.10. The van der Waals surface area contributed by atoms with Gasteiger partial charge < -0.3 is 24.1 Å². The Morgan fingerprint density at radius 1 is 0.688 bits per heavy atom. The number of aliphatic hydroxyl groups excluding tert-OH is 2. The van der Waals surface area contributed by atoms with Gasteiger partial charge in [0.2, 0.25) is 0 Å². The SMILES string of the molecule is CCCCC[C@H](O)[C@@H](O)C#C[C@H](CCCCCCCCOCc1ccc(OC)cc1)O[Si](c1ccccc1)(c1ccccc1)C(C)(C)C. The van der Waals surface area contributed by atoms with E-state index in [0.717, 1.165) is 75.7 Å². The monoisotopic (exact) mass is 672 g/mol. The van der Waals surface area contributed by atoms with Crippen LogP contribution in [-0.2, 0) is 15.8 Å². The van der Waals surface area contributed by atoms with Crippen LogP contribution >= 0.6 is 0 Å². The van der Waals surface area contributed by atoms with E-state index >= 15 is 0 Å². The van der Waals surface area contributed by atoms with Gasteiger partial charge in [0.1, 0.15) is 18.0 Å². The Hall–Kier alpha value is -2.92. The minimum absolute atomic E-state index is 0.177. The molecule has 0 saturated heterocycles. The van der Waals surface area contributed by atoms with E-state index in [0.29, 0.717) is 13.0 Å². The molecule has 3 atom stereocenters. The maximum Gasteiger partial charge on any atom is 0.262 e. The quantitative estimate of drug-likeness (QED) is 0.0679. The molecule has 0 aliphatic rings. The Kier molecular flexibility index (Phi) is 17.5. The number of ether oxygens (including phenoxy) is 2.